The summed E-state index contributed by atoms with van der Waals surface area (Å²) in [5.74, 6) is 0.696. The Morgan fingerprint density at radius 3 is 2.71 bits per heavy atom. The number of nitrogens with one attached hydrogen (secondary N) is 1. The maximum absolute atomic E-state index is 11.3. The minimum Gasteiger partial charge on any atom is -0.467 e. The molecule has 1 amide bonds. The number of ether oxygens (including phenoxy) is 1. The fraction of sp³-hybridized carbons (Fsp3) is 0.154. The Labute approximate surface area is 99.2 Å². The Morgan fingerprint density at radius 2 is 2.00 bits per heavy atom. The molecule has 2 aromatic rings. The van der Waals surface area contributed by atoms with E-state index in [4.69, 9.17) is 9.15 Å². The van der Waals surface area contributed by atoms with E-state index in [1.165, 1.54) is 0 Å². The molecule has 17 heavy (non-hydrogen) atoms. The van der Waals surface area contributed by atoms with Crippen LogP contribution in [0.2, 0.25) is 0 Å². The van der Waals surface area contributed by atoms with Gasteiger partial charge in [0, 0.05) is 0 Å². The van der Waals surface area contributed by atoms with Crippen LogP contribution in [0.25, 0.3) is 0 Å². The van der Waals surface area contributed by atoms with Gasteiger partial charge in [-0.3, -0.25) is 0 Å². The highest BCUT2D eigenvalue weighted by molar-refractivity contribution is 5.67. The third-order valence-corrected chi connectivity index (χ3v) is 2.20. The zero-order chi connectivity index (χ0) is 11.9. The lowest BCUT2D eigenvalue weighted by atomic mass is 10.2. The highest BCUT2D eigenvalue weighted by Gasteiger charge is 2.03. The van der Waals surface area contributed by atoms with Crippen molar-refractivity contribution in [2.45, 2.75) is 13.2 Å². The summed E-state index contributed by atoms with van der Waals surface area (Å²) >= 11 is 0. The zero-order valence-electron chi connectivity index (χ0n) is 9.26. The normalized spacial score (nSPS) is 9.88. The fourth-order valence-electron chi connectivity index (χ4n) is 1.35. The third kappa shape index (κ3) is 3.68. The van der Waals surface area contributed by atoms with Crippen molar-refractivity contribution >= 4 is 6.09 Å². The molecule has 0 unspecified atom stereocenters. The lowest BCUT2D eigenvalue weighted by Gasteiger charge is -2.05. The van der Waals surface area contributed by atoms with Crippen molar-refractivity contribution in [1.82, 2.24) is 5.32 Å². The number of amides is 1. The summed E-state index contributed by atoms with van der Waals surface area (Å²) in [7, 11) is 0. The average molecular weight is 231 g/mol. The number of benzene rings is 1. The summed E-state index contributed by atoms with van der Waals surface area (Å²) in [6, 6.07) is 13.1. The van der Waals surface area contributed by atoms with Crippen molar-refractivity contribution in [3.8, 4) is 0 Å². The van der Waals surface area contributed by atoms with Crippen LogP contribution in [0.3, 0.4) is 0 Å². The molecule has 4 nitrogen and oxygen atoms in total. The number of furan rings is 1. The number of hydrogen-bond donors (Lipinski definition) is 1. The molecule has 1 heterocycles. The van der Waals surface area contributed by atoms with Crippen LogP contribution in [-0.2, 0) is 17.9 Å². The predicted molar refractivity (Wildman–Crippen MR) is 62.2 cm³/mol. The number of carbonyl (C=O) groups excluding carboxylic acids is 1. The number of alkyl carbamates (subject to hydrolysis) is 1. The highest BCUT2D eigenvalue weighted by atomic mass is 16.5. The molecule has 0 saturated carbocycles. The van der Waals surface area contributed by atoms with E-state index in [-0.39, 0.29) is 6.61 Å². The molecule has 0 fully saturated rings. The van der Waals surface area contributed by atoms with Gasteiger partial charge in [-0.05, 0) is 17.7 Å². The largest absolute Gasteiger partial charge is 0.467 e. The Morgan fingerprint density at radius 1 is 1.18 bits per heavy atom. The second-order valence-corrected chi connectivity index (χ2v) is 3.49. The van der Waals surface area contributed by atoms with Crippen molar-refractivity contribution in [3.63, 3.8) is 0 Å². The molecule has 0 atom stereocenters. The van der Waals surface area contributed by atoms with Gasteiger partial charge in [-0.1, -0.05) is 30.3 Å². The quantitative estimate of drug-likeness (QED) is 0.880. The van der Waals surface area contributed by atoms with E-state index in [0.717, 1.165) is 5.56 Å². The molecule has 1 N–H and O–H groups in total. The summed E-state index contributed by atoms with van der Waals surface area (Å²) in [4.78, 5) is 11.3. The second-order valence-electron chi connectivity index (χ2n) is 3.49. The van der Waals surface area contributed by atoms with Gasteiger partial charge in [-0.2, -0.15) is 0 Å². The van der Waals surface area contributed by atoms with Gasteiger partial charge in [0.1, 0.15) is 12.4 Å². The Kier molecular flexibility index (Phi) is 3.81. The topological polar surface area (TPSA) is 51.5 Å². The standard InChI is InChI=1S/C13H13NO3/c15-13(14-9-12-7-4-8-16-12)17-10-11-5-2-1-3-6-11/h1-8H,9-10H2,(H,14,15). The second kappa shape index (κ2) is 5.75. The first-order valence-electron chi connectivity index (χ1n) is 5.31. The summed E-state index contributed by atoms with van der Waals surface area (Å²) in [5.41, 5.74) is 0.959. The van der Waals surface area contributed by atoms with Crippen molar-refractivity contribution < 1.29 is 13.9 Å². The summed E-state index contributed by atoms with van der Waals surface area (Å²) in [6.07, 6.45) is 1.11. The minimum absolute atomic E-state index is 0.269. The molecule has 0 saturated heterocycles. The van der Waals surface area contributed by atoms with Crippen LogP contribution in [0.15, 0.2) is 53.1 Å². The smallest absolute Gasteiger partial charge is 0.407 e. The van der Waals surface area contributed by atoms with Crippen molar-refractivity contribution in [2.24, 2.45) is 0 Å². The lowest BCUT2D eigenvalue weighted by Crippen LogP contribution is -2.23. The molecule has 0 aliphatic rings. The Bertz CT molecular complexity index is 451. The first kappa shape index (κ1) is 11.3. The van der Waals surface area contributed by atoms with Gasteiger partial charge >= 0.3 is 6.09 Å². The lowest BCUT2D eigenvalue weighted by molar-refractivity contribution is 0.138. The zero-order valence-corrected chi connectivity index (χ0v) is 9.26. The maximum Gasteiger partial charge on any atom is 0.407 e. The summed E-state index contributed by atoms with van der Waals surface area (Å²) in [5, 5.41) is 2.60. The molecule has 0 bridgehead atoms. The van der Waals surface area contributed by atoms with Gasteiger partial charge < -0.3 is 14.5 Å². The highest BCUT2D eigenvalue weighted by Crippen LogP contribution is 2.02. The first-order chi connectivity index (χ1) is 8.34. The molecule has 1 aromatic carbocycles. The maximum atomic E-state index is 11.3. The van der Waals surface area contributed by atoms with Crippen LogP contribution < -0.4 is 5.32 Å². The molecule has 0 radical (unpaired) electrons. The van der Waals surface area contributed by atoms with Gasteiger partial charge in [0.15, 0.2) is 0 Å². The predicted octanol–water partition coefficient (Wildman–Crippen LogP) is 2.71. The van der Waals surface area contributed by atoms with Gasteiger partial charge in [-0.25, -0.2) is 4.79 Å². The molecule has 1 aromatic heterocycles. The van der Waals surface area contributed by atoms with Crippen molar-refractivity contribution in [2.75, 3.05) is 0 Å². The molecule has 2 rings (SSSR count). The molecule has 0 aliphatic carbocycles. The van der Waals surface area contributed by atoms with E-state index in [2.05, 4.69) is 5.32 Å². The van der Waals surface area contributed by atoms with Gasteiger partial charge in [-0.15, -0.1) is 0 Å². The molecule has 0 aliphatic heterocycles. The van der Waals surface area contributed by atoms with Crippen LogP contribution in [0.5, 0.6) is 0 Å². The molecule has 88 valence electrons. The molecular weight excluding hydrogens is 218 g/mol. The number of hydrogen-bond acceptors (Lipinski definition) is 3. The number of rotatable bonds is 4. The third-order valence-electron chi connectivity index (χ3n) is 2.20. The van der Waals surface area contributed by atoms with E-state index >= 15 is 0 Å². The number of carbonyl (C=O) groups is 1. The SMILES string of the molecule is O=C(NCc1ccco1)OCc1ccccc1. The molecular formula is C13H13NO3. The summed E-state index contributed by atoms with van der Waals surface area (Å²) < 4.78 is 10.1. The van der Waals surface area contributed by atoms with E-state index < -0.39 is 6.09 Å². The fourth-order valence-corrected chi connectivity index (χ4v) is 1.35. The van der Waals surface area contributed by atoms with Crippen LogP contribution in [0.1, 0.15) is 11.3 Å². The molecule has 0 spiro atoms. The van der Waals surface area contributed by atoms with Gasteiger partial charge in [0.2, 0.25) is 0 Å². The van der Waals surface area contributed by atoms with Crippen molar-refractivity contribution in [1.29, 1.82) is 0 Å². The van der Waals surface area contributed by atoms with E-state index in [0.29, 0.717) is 12.3 Å². The van der Waals surface area contributed by atoms with E-state index in [1.807, 2.05) is 30.3 Å². The van der Waals surface area contributed by atoms with Crippen LogP contribution in [-0.4, -0.2) is 6.09 Å². The average Bonchev–Trinajstić information content (AvgIpc) is 2.88. The molecule has 4 heteroatoms. The summed E-state index contributed by atoms with van der Waals surface area (Å²) in [6.45, 7) is 0.603. The van der Waals surface area contributed by atoms with E-state index in [9.17, 15) is 4.79 Å². The first-order valence-corrected chi connectivity index (χ1v) is 5.31. The van der Waals surface area contributed by atoms with Crippen LogP contribution >= 0.6 is 0 Å². The van der Waals surface area contributed by atoms with Crippen LogP contribution in [0, 0.1) is 0 Å². The van der Waals surface area contributed by atoms with Gasteiger partial charge in [0.05, 0.1) is 12.8 Å². The minimum atomic E-state index is -0.453. The Balaban J connectivity index is 1.71. The Hall–Kier alpha value is -2.23. The van der Waals surface area contributed by atoms with Crippen molar-refractivity contribution in [3.05, 3.63) is 60.1 Å². The van der Waals surface area contributed by atoms with E-state index in [1.54, 1.807) is 18.4 Å². The van der Waals surface area contributed by atoms with Crippen LogP contribution in [0.4, 0.5) is 4.79 Å². The van der Waals surface area contributed by atoms with Gasteiger partial charge in [0.25, 0.3) is 0 Å². The monoisotopic (exact) mass is 231 g/mol.